The molecular formula is C19H19NO4. The van der Waals surface area contributed by atoms with E-state index in [9.17, 15) is 14.4 Å². The Morgan fingerprint density at radius 3 is 2.12 bits per heavy atom. The van der Waals surface area contributed by atoms with Crippen molar-refractivity contribution < 1.29 is 19.5 Å². The van der Waals surface area contributed by atoms with E-state index in [0.717, 1.165) is 17.2 Å². The minimum absolute atomic E-state index is 0.180. The first kappa shape index (κ1) is 16.3. The van der Waals surface area contributed by atoms with Gasteiger partial charge in [0.25, 0.3) is 11.8 Å². The van der Waals surface area contributed by atoms with Crippen molar-refractivity contribution in [1.29, 1.82) is 0 Å². The standard InChI is InChI=1S/C19H19NO4/c21-12-14(22)8-2-1-3-11-20-18(23)15-9-4-6-13-7-5-10-16(17(13)15)19(20)24/h4-7,9-10,21H,1-3,8,11-12H2. The molecule has 1 aliphatic heterocycles. The van der Waals surface area contributed by atoms with Crippen molar-refractivity contribution in [3.05, 3.63) is 47.5 Å². The molecule has 0 saturated heterocycles. The van der Waals surface area contributed by atoms with E-state index in [1.165, 1.54) is 4.90 Å². The van der Waals surface area contributed by atoms with Crippen LogP contribution in [0.15, 0.2) is 36.4 Å². The Balaban J connectivity index is 1.72. The van der Waals surface area contributed by atoms with Crippen LogP contribution in [0, 0.1) is 0 Å². The molecule has 5 nitrogen and oxygen atoms in total. The van der Waals surface area contributed by atoms with Gasteiger partial charge in [-0.05, 0) is 30.4 Å². The van der Waals surface area contributed by atoms with Crippen molar-refractivity contribution >= 4 is 28.4 Å². The molecular weight excluding hydrogens is 306 g/mol. The van der Waals surface area contributed by atoms with Gasteiger partial charge in [0.15, 0.2) is 5.78 Å². The predicted octanol–water partition coefficient (Wildman–Crippen LogP) is 2.56. The molecule has 0 aliphatic carbocycles. The van der Waals surface area contributed by atoms with Crippen LogP contribution in [0.25, 0.3) is 10.8 Å². The summed E-state index contributed by atoms with van der Waals surface area (Å²) in [7, 11) is 0. The van der Waals surface area contributed by atoms with Crippen LogP contribution in [-0.4, -0.2) is 40.8 Å². The number of unbranched alkanes of at least 4 members (excludes halogenated alkanes) is 2. The molecule has 124 valence electrons. The number of amides is 2. The quantitative estimate of drug-likeness (QED) is 0.627. The van der Waals surface area contributed by atoms with E-state index in [0.29, 0.717) is 36.9 Å². The zero-order valence-electron chi connectivity index (χ0n) is 13.3. The molecule has 0 aromatic heterocycles. The van der Waals surface area contributed by atoms with Gasteiger partial charge < -0.3 is 5.11 Å². The largest absolute Gasteiger partial charge is 0.389 e. The van der Waals surface area contributed by atoms with E-state index in [-0.39, 0.29) is 17.6 Å². The number of carbonyl (C=O) groups is 3. The number of rotatable bonds is 7. The van der Waals surface area contributed by atoms with Crippen molar-refractivity contribution in [2.75, 3.05) is 13.2 Å². The highest BCUT2D eigenvalue weighted by molar-refractivity contribution is 6.25. The van der Waals surface area contributed by atoms with Gasteiger partial charge in [0.1, 0.15) is 6.61 Å². The van der Waals surface area contributed by atoms with Gasteiger partial charge in [-0.25, -0.2) is 0 Å². The summed E-state index contributed by atoms with van der Waals surface area (Å²) >= 11 is 0. The zero-order valence-corrected chi connectivity index (χ0v) is 13.3. The first-order chi connectivity index (χ1) is 11.6. The molecule has 1 N–H and O–H groups in total. The Morgan fingerprint density at radius 1 is 0.917 bits per heavy atom. The van der Waals surface area contributed by atoms with Crippen LogP contribution in [0.3, 0.4) is 0 Å². The van der Waals surface area contributed by atoms with Crippen molar-refractivity contribution in [3.8, 4) is 0 Å². The lowest BCUT2D eigenvalue weighted by atomic mass is 9.94. The fraction of sp³-hybridized carbons (Fsp3) is 0.316. The molecule has 0 bridgehead atoms. The molecule has 2 aromatic carbocycles. The third-order valence-electron chi connectivity index (χ3n) is 4.37. The Hall–Kier alpha value is -2.53. The van der Waals surface area contributed by atoms with Crippen molar-refractivity contribution in [2.45, 2.75) is 25.7 Å². The minimum Gasteiger partial charge on any atom is -0.389 e. The van der Waals surface area contributed by atoms with E-state index < -0.39 is 6.61 Å². The van der Waals surface area contributed by atoms with E-state index in [1.54, 1.807) is 12.1 Å². The molecule has 0 saturated carbocycles. The number of imide groups is 1. The maximum Gasteiger partial charge on any atom is 0.261 e. The minimum atomic E-state index is -0.427. The Labute approximate surface area is 139 Å². The summed E-state index contributed by atoms with van der Waals surface area (Å²) in [5.41, 5.74) is 1.14. The summed E-state index contributed by atoms with van der Waals surface area (Å²) in [5, 5.41) is 10.3. The van der Waals surface area contributed by atoms with E-state index >= 15 is 0 Å². The van der Waals surface area contributed by atoms with Gasteiger partial charge in [-0.15, -0.1) is 0 Å². The number of Topliss-reactive ketones (excluding diaryl/α,β-unsaturated/α-hetero) is 1. The second kappa shape index (κ2) is 6.93. The van der Waals surface area contributed by atoms with Gasteiger partial charge >= 0.3 is 0 Å². The summed E-state index contributed by atoms with van der Waals surface area (Å²) < 4.78 is 0. The lowest BCUT2D eigenvalue weighted by Gasteiger charge is -2.27. The van der Waals surface area contributed by atoms with E-state index in [4.69, 9.17) is 5.11 Å². The number of aliphatic hydroxyl groups excluding tert-OH is 1. The summed E-state index contributed by atoms with van der Waals surface area (Å²) in [4.78, 5) is 37.7. The maximum absolute atomic E-state index is 12.6. The summed E-state index contributed by atoms with van der Waals surface area (Å²) in [5.74, 6) is -0.688. The fourth-order valence-corrected chi connectivity index (χ4v) is 3.13. The first-order valence-electron chi connectivity index (χ1n) is 8.14. The number of carbonyl (C=O) groups excluding carboxylic acids is 3. The van der Waals surface area contributed by atoms with E-state index in [1.807, 2.05) is 24.3 Å². The molecule has 0 radical (unpaired) electrons. The molecule has 3 rings (SSSR count). The zero-order chi connectivity index (χ0) is 17.1. The smallest absolute Gasteiger partial charge is 0.261 e. The lowest BCUT2D eigenvalue weighted by Crippen LogP contribution is -2.40. The van der Waals surface area contributed by atoms with Crippen LogP contribution in [-0.2, 0) is 4.79 Å². The Kier molecular flexibility index (Phi) is 4.71. The number of ketones is 1. The van der Waals surface area contributed by atoms with Gasteiger partial charge in [0.05, 0.1) is 0 Å². The number of hydrogen-bond acceptors (Lipinski definition) is 4. The molecule has 1 aliphatic rings. The van der Waals surface area contributed by atoms with Crippen molar-refractivity contribution in [2.24, 2.45) is 0 Å². The second-order valence-electron chi connectivity index (χ2n) is 5.98. The monoisotopic (exact) mass is 325 g/mol. The average Bonchev–Trinajstić information content (AvgIpc) is 2.61. The molecule has 2 aromatic rings. The lowest BCUT2D eigenvalue weighted by molar-refractivity contribution is -0.121. The van der Waals surface area contributed by atoms with Crippen LogP contribution >= 0.6 is 0 Å². The average molecular weight is 325 g/mol. The topological polar surface area (TPSA) is 74.7 Å². The SMILES string of the molecule is O=C(CO)CCCCCN1C(=O)c2cccc3cccc(c23)C1=O. The number of nitrogens with zero attached hydrogens (tertiary/aromatic N) is 1. The number of aliphatic hydroxyl groups is 1. The molecule has 1 heterocycles. The molecule has 2 amide bonds. The highest BCUT2D eigenvalue weighted by atomic mass is 16.3. The third kappa shape index (κ3) is 2.95. The molecule has 0 fully saturated rings. The molecule has 0 spiro atoms. The Morgan fingerprint density at radius 2 is 1.54 bits per heavy atom. The number of benzene rings is 2. The molecule has 0 unspecified atom stereocenters. The predicted molar refractivity (Wildman–Crippen MR) is 89.9 cm³/mol. The van der Waals surface area contributed by atoms with Crippen LogP contribution in [0.4, 0.5) is 0 Å². The van der Waals surface area contributed by atoms with Crippen molar-refractivity contribution in [3.63, 3.8) is 0 Å². The second-order valence-corrected chi connectivity index (χ2v) is 5.98. The van der Waals surface area contributed by atoms with Crippen LogP contribution < -0.4 is 0 Å². The normalized spacial score (nSPS) is 13.6. The van der Waals surface area contributed by atoms with Gasteiger partial charge in [0.2, 0.25) is 0 Å². The van der Waals surface area contributed by atoms with Gasteiger partial charge in [0, 0.05) is 29.5 Å². The van der Waals surface area contributed by atoms with Gasteiger partial charge in [-0.3, -0.25) is 19.3 Å². The molecule has 0 atom stereocenters. The highest BCUT2D eigenvalue weighted by Crippen LogP contribution is 2.30. The Bertz CT molecular complexity index is 761. The fourth-order valence-electron chi connectivity index (χ4n) is 3.13. The highest BCUT2D eigenvalue weighted by Gasteiger charge is 2.31. The van der Waals surface area contributed by atoms with Gasteiger partial charge in [-0.1, -0.05) is 30.7 Å². The summed E-state index contributed by atoms with van der Waals surface area (Å²) in [6.07, 6.45) is 2.37. The maximum atomic E-state index is 12.6. The molecule has 5 heteroatoms. The third-order valence-corrected chi connectivity index (χ3v) is 4.37. The van der Waals surface area contributed by atoms with Crippen LogP contribution in [0.2, 0.25) is 0 Å². The van der Waals surface area contributed by atoms with Crippen LogP contribution in [0.1, 0.15) is 46.4 Å². The number of hydrogen-bond donors (Lipinski definition) is 1. The first-order valence-corrected chi connectivity index (χ1v) is 8.14. The summed E-state index contributed by atoms with van der Waals surface area (Å²) in [6, 6.07) is 11.0. The van der Waals surface area contributed by atoms with E-state index in [2.05, 4.69) is 0 Å². The molecule has 24 heavy (non-hydrogen) atoms. The van der Waals surface area contributed by atoms with Crippen LogP contribution in [0.5, 0.6) is 0 Å². The van der Waals surface area contributed by atoms with Crippen molar-refractivity contribution in [1.82, 2.24) is 4.90 Å². The van der Waals surface area contributed by atoms with Gasteiger partial charge in [-0.2, -0.15) is 0 Å². The summed E-state index contributed by atoms with van der Waals surface area (Å²) in [6.45, 7) is -0.0837.